The van der Waals surface area contributed by atoms with Crippen LogP contribution in [-0.4, -0.2) is 38.2 Å². The predicted octanol–water partition coefficient (Wildman–Crippen LogP) is 2.82. The fraction of sp³-hybridized carbons (Fsp3) is 0.391. The summed E-state index contributed by atoms with van der Waals surface area (Å²) in [5.74, 6) is -1.53. The molecular formula is C23H26F2N2O4. The lowest BCUT2D eigenvalue weighted by molar-refractivity contribution is -0.128. The molecule has 1 aliphatic rings. The molecule has 31 heavy (non-hydrogen) atoms. The smallest absolute Gasteiger partial charge is 0.246 e. The van der Waals surface area contributed by atoms with E-state index in [1.54, 1.807) is 0 Å². The molecule has 1 fully saturated rings. The van der Waals surface area contributed by atoms with Gasteiger partial charge in [-0.1, -0.05) is 18.2 Å². The van der Waals surface area contributed by atoms with Crippen LogP contribution in [0.3, 0.4) is 0 Å². The molecule has 0 aliphatic heterocycles. The number of hydrogen-bond donors (Lipinski definition) is 2. The van der Waals surface area contributed by atoms with Crippen molar-refractivity contribution in [1.82, 2.24) is 10.6 Å². The number of benzene rings is 2. The number of ether oxygens (including phenoxy) is 2. The molecule has 3 rings (SSSR count). The average Bonchev–Trinajstić information content (AvgIpc) is 3.16. The summed E-state index contributed by atoms with van der Waals surface area (Å²) in [6.07, 6.45) is 1.07. The van der Waals surface area contributed by atoms with Gasteiger partial charge in [0.05, 0.1) is 12.5 Å². The summed E-state index contributed by atoms with van der Waals surface area (Å²) in [6.45, 7) is 0.163. The van der Waals surface area contributed by atoms with Crippen LogP contribution in [0.2, 0.25) is 0 Å². The maximum Gasteiger partial charge on any atom is 0.246 e. The molecule has 0 aromatic heterocycles. The number of carbonyl (C=O) groups excluding carboxylic acids is 2. The van der Waals surface area contributed by atoms with Crippen LogP contribution in [0.25, 0.3) is 0 Å². The Morgan fingerprint density at radius 1 is 1.10 bits per heavy atom. The van der Waals surface area contributed by atoms with E-state index in [1.807, 2.05) is 30.3 Å². The number of rotatable bonds is 9. The van der Waals surface area contributed by atoms with Gasteiger partial charge >= 0.3 is 0 Å². The van der Waals surface area contributed by atoms with Crippen molar-refractivity contribution in [2.45, 2.75) is 25.4 Å². The summed E-state index contributed by atoms with van der Waals surface area (Å²) >= 11 is 0. The Morgan fingerprint density at radius 2 is 1.87 bits per heavy atom. The third-order valence-corrected chi connectivity index (χ3v) is 5.31. The summed E-state index contributed by atoms with van der Waals surface area (Å²) in [7, 11) is 1.42. The molecule has 1 saturated carbocycles. The number of methoxy groups -OCH3 is 1. The van der Waals surface area contributed by atoms with E-state index in [-0.39, 0.29) is 36.4 Å². The summed E-state index contributed by atoms with van der Waals surface area (Å²) in [6, 6.07) is 12.1. The zero-order valence-corrected chi connectivity index (χ0v) is 17.3. The minimum absolute atomic E-state index is 0.0507. The highest BCUT2D eigenvalue weighted by atomic mass is 19.1. The van der Waals surface area contributed by atoms with Crippen LogP contribution in [-0.2, 0) is 20.9 Å². The fourth-order valence-corrected chi connectivity index (χ4v) is 3.83. The van der Waals surface area contributed by atoms with E-state index >= 15 is 0 Å². The summed E-state index contributed by atoms with van der Waals surface area (Å²) in [4.78, 5) is 24.9. The minimum atomic E-state index is -0.591. The van der Waals surface area contributed by atoms with Crippen molar-refractivity contribution in [3.63, 3.8) is 0 Å². The largest absolute Gasteiger partial charge is 0.493 e. The van der Waals surface area contributed by atoms with Gasteiger partial charge in [-0.25, -0.2) is 8.78 Å². The van der Waals surface area contributed by atoms with E-state index in [0.717, 1.165) is 23.9 Å². The molecule has 0 radical (unpaired) electrons. The summed E-state index contributed by atoms with van der Waals surface area (Å²) in [5, 5.41) is 5.51. The Kier molecular flexibility index (Phi) is 7.94. The molecule has 2 aromatic carbocycles. The lowest BCUT2D eigenvalue weighted by Gasteiger charge is -2.20. The molecule has 0 spiro atoms. The van der Waals surface area contributed by atoms with Crippen LogP contribution in [0.15, 0.2) is 48.5 Å². The monoisotopic (exact) mass is 432 g/mol. The van der Waals surface area contributed by atoms with Gasteiger partial charge in [0.2, 0.25) is 11.8 Å². The van der Waals surface area contributed by atoms with Crippen molar-refractivity contribution in [2.24, 2.45) is 11.8 Å². The normalized spacial score (nSPS) is 20.3. The molecule has 8 heteroatoms. The topological polar surface area (TPSA) is 76.7 Å². The lowest BCUT2D eigenvalue weighted by atomic mass is 10.0. The van der Waals surface area contributed by atoms with Gasteiger partial charge in [-0.15, -0.1) is 0 Å². The molecule has 0 bridgehead atoms. The zero-order valence-electron chi connectivity index (χ0n) is 17.3. The second-order valence-electron chi connectivity index (χ2n) is 7.63. The van der Waals surface area contributed by atoms with Gasteiger partial charge in [-0.3, -0.25) is 9.59 Å². The zero-order chi connectivity index (χ0) is 22.2. The van der Waals surface area contributed by atoms with Crippen molar-refractivity contribution in [1.29, 1.82) is 0 Å². The van der Waals surface area contributed by atoms with E-state index in [2.05, 4.69) is 10.6 Å². The molecule has 1 aliphatic carbocycles. The molecule has 0 heterocycles. The first-order chi connectivity index (χ1) is 15.0. The first-order valence-corrected chi connectivity index (χ1v) is 10.1. The van der Waals surface area contributed by atoms with Crippen molar-refractivity contribution in [3.8, 4) is 5.75 Å². The highest BCUT2D eigenvalue weighted by Crippen LogP contribution is 2.32. The highest BCUT2D eigenvalue weighted by Gasteiger charge is 2.39. The minimum Gasteiger partial charge on any atom is -0.493 e. The average molecular weight is 432 g/mol. The molecular weight excluding hydrogens is 406 g/mol. The molecule has 166 valence electrons. The Morgan fingerprint density at radius 3 is 2.61 bits per heavy atom. The summed E-state index contributed by atoms with van der Waals surface area (Å²) in [5.41, 5.74) is 0.0651. The van der Waals surface area contributed by atoms with Crippen molar-refractivity contribution in [2.75, 3.05) is 20.3 Å². The SMILES string of the molecule is COCC(=O)N[C@@H]1C[C@H](COc2ccccc2)C[C@H]1C(=O)NCc1cc(F)ccc1F. The molecule has 0 saturated heterocycles. The first kappa shape index (κ1) is 22.7. The number of amides is 2. The van der Waals surface area contributed by atoms with E-state index in [1.165, 1.54) is 7.11 Å². The highest BCUT2D eigenvalue weighted by molar-refractivity contribution is 5.82. The van der Waals surface area contributed by atoms with Crippen LogP contribution in [0.5, 0.6) is 5.75 Å². The molecule has 2 aromatic rings. The van der Waals surface area contributed by atoms with Crippen LogP contribution >= 0.6 is 0 Å². The Bertz CT molecular complexity index is 894. The van der Waals surface area contributed by atoms with Gasteiger partial charge in [0, 0.05) is 25.3 Å². The molecule has 0 unspecified atom stereocenters. The molecule has 2 amide bonds. The third kappa shape index (κ3) is 6.49. The maximum absolute atomic E-state index is 13.8. The molecule has 6 nitrogen and oxygen atoms in total. The van der Waals surface area contributed by atoms with E-state index in [9.17, 15) is 18.4 Å². The van der Waals surface area contributed by atoms with E-state index in [4.69, 9.17) is 9.47 Å². The van der Waals surface area contributed by atoms with Crippen LogP contribution < -0.4 is 15.4 Å². The lowest BCUT2D eigenvalue weighted by Crippen LogP contribution is -2.44. The van der Waals surface area contributed by atoms with Gasteiger partial charge < -0.3 is 20.1 Å². The fourth-order valence-electron chi connectivity index (χ4n) is 3.83. The van der Waals surface area contributed by atoms with Crippen LogP contribution in [0, 0.1) is 23.5 Å². The van der Waals surface area contributed by atoms with Gasteiger partial charge in [-0.05, 0) is 49.1 Å². The molecule has 2 N–H and O–H groups in total. The van der Waals surface area contributed by atoms with Gasteiger partial charge in [-0.2, -0.15) is 0 Å². The molecule has 3 atom stereocenters. The van der Waals surface area contributed by atoms with Gasteiger partial charge in [0.15, 0.2) is 0 Å². The second-order valence-corrected chi connectivity index (χ2v) is 7.63. The van der Waals surface area contributed by atoms with Crippen LogP contribution in [0.4, 0.5) is 8.78 Å². The Hall–Kier alpha value is -3.00. The summed E-state index contributed by atoms with van der Waals surface area (Å²) < 4.78 is 37.9. The van der Waals surface area contributed by atoms with Crippen LogP contribution in [0.1, 0.15) is 18.4 Å². The van der Waals surface area contributed by atoms with Gasteiger partial charge in [0.25, 0.3) is 0 Å². The Labute approximate surface area is 179 Å². The van der Waals surface area contributed by atoms with Gasteiger partial charge in [0.1, 0.15) is 24.0 Å². The predicted molar refractivity (Wildman–Crippen MR) is 110 cm³/mol. The van der Waals surface area contributed by atoms with Crippen molar-refractivity contribution >= 4 is 11.8 Å². The van der Waals surface area contributed by atoms with E-state index < -0.39 is 23.6 Å². The van der Waals surface area contributed by atoms with E-state index in [0.29, 0.717) is 19.4 Å². The first-order valence-electron chi connectivity index (χ1n) is 10.1. The van der Waals surface area contributed by atoms with Crippen molar-refractivity contribution < 1.29 is 27.8 Å². The number of carbonyl (C=O) groups is 2. The number of halogens is 2. The number of para-hydroxylation sites is 1. The second kappa shape index (κ2) is 10.9. The maximum atomic E-state index is 13.8. The standard InChI is InChI=1S/C23H26F2N2O4/c1-30-14-22(28)27-21-10-15(13-31-18-5-3-2-4-6-18)9-19(21)23(29)26-12-16-11-17(24)7-8-20(16)25/h2-8,11,15,19,21H,9-10,12-14H2,1H3,(H,26,29)(H,27,28)/t15-,19-,21-/m1/s1. The quantitative estimate of drug-likeness (QED) is 0.639. The Balaban J connectivity index is 1.62. The number of hydrogen-bond acceptors (Lipinski definition) is 4. The van der Waals surface area contributed by atoms with Crippen molar-refractivity contribution in [3.05, 3.63) is 65.7 Å². The third-order valence-electron chi connectivity index (χ3n) is 5.31. The number of nitrogens with one attached hydrogen (secondary N) is 2.